The smallest absolute Gasteiger partial charge is 0.302 e. The van der Waals surface area contributed by atoms with Crippen molar-refractivity contribution in [3.63, 3.8) is 0 Å². The van der Waals surface area contributed by atoms with Crippen LogP contribution < -0.4 is 0 Å². The van der Waals surface area contributed by atoms with Crippen LogP contribution in [0.3, 0.4) is 0 Å². The first-order valence-electron chi connectivity index (χ1n) is 9.91. The lowest BCUT2D eigenvalue weighted by Crippen LogP contribution is -2.50. The molecule has 136 valence electrons. The fourth-order valence-corrected chi connectivity index (χ4v) is 6.75. The third kappa shape index (κ3) is 2.45. The van der Waals surface area contributed by atoms with Gasteiger partial charge in [-0.05, 0) is 72.7 Å². The molecule has 2 saturated carbocycles. The van der Waals surface area contributed by atoms with Crippen LogP contribution in [-0.4, -0.2) is 18.4 Å². The van der Waals surface area contributed by atoms with Crippen LogP contribution >= 0.6 is 0 Å². The van der Waals surface area contributed by atoms with Crippen molar-refractivity contribution in [2.75, 3.05) is 0 Å². The SMILES string of the molecule is CC(=O)O[C@H]1CC[C@@]2(C)C(=CC[C@@H]3[C@@H]2CC[C@]2(C)C(C=O)=CC[C@@H]32)C1. The van der Waals surface area contributed by atoms with Crippen molar-refractivity contribution in [1.82, 2.24) is 0 Å². The monoisotopic (exact) mass is 342 g/mol. The molecule has 25 heavy (non-hydrogen) atoms. The Hall–Kier alpha value is -1.38. The lowest BCUT2D eigenvalue weighted by molar-refractivity contribution is -0.148. The van der Waals surface area contributed by atoms with Crippen LogP contribution in [0, 0.1) is 28.6 Å². The zero-order chi connectivity index (χ0) is 17.8. The van der Waals surface area contributed by atoms with E-state index in [2.05, 4.69) is 26.0 Å². The predicted octanol–water partition coefficient (Wildman–Crippen LogP) is 4.62. The van der Waals surface area contributed by atoms with Crippen molar-refractivity contribution < 1.29 is 14.3 Å². The van der Waals surface area contributed by atoms with Crippen LogP contribution in [0.25, 0.3) is 0 Å². The summed E-state index contributed by atoms with van der Waals surface area (Å²) in [6, 6.07) is 0. The minimum Gasteiger partial charge on any atom is -0.462 e. The van der Waals surface area contributed by atoms with E-state index in [1.807, 2.05) is 0 Å². The first kappa shape index (κ1) is 17.1. The number of aldehydes is 1. The molecule has 0 N–H and O–H groups in total. The van der Waals surface area contributed by atoms with Crippen LogP contribution in [0.1, 0.15) is 65.7 Å². The summed E-state index contributed by atoms with van der Waals surface area (Å²) in [5.41, 5.74) is 2.93. The summed E-state index contributed by atoms with van der Waals surface area (Å²) in [7, 11) is 0. The third-order valence-electron chi connectivity index (χ3n) is 8.16. The second kappa shape index (κ2) is 5.82. The number of hydrogen-bond donors (Lipinski definition) is 0. The molecule has 0 saturated heterocycles. The molecule has 4 aliphatic rings. The molecule has 0 aromatic carbocycles. The molecule has 0 aromatic heterocycles. The number of carbonyl (C=O) groups is 2. The highest BCUT2D eigenvalue weighted by molar-refractivity contribution is 5.76. The summed E-state index contributed by atoms with van der Waals surface area (Å²) >= 11 is 0. The second-order valence-electron chi connectivity index (χ2n) is 9.20. The van der Waals surface area contributed by atoms with Gasteiger partial charge in [0.1, 0.15) is 12.4 Å². The van der Waals surface area contributed by atoms with Gasteiger partial charge in [-0.3, -0.25) is 9.59 Å². The van der Waals surface area contributed by atoms with Gasteiger partial charge in [-0.2, -0.15) is 0 Å². The van der Waals surface area contributed by atoms with Gasteiger partial charge in [-0.25, -0.2) is 0 Å². The number of fused-ring (bicyclic) bond motifs is 5. The van der Waals surface area contributed by atoms with Crippen LogP contribution in [-0.2, 0) is 14.3 Å². The topological polar surface area (TPSA) is 43.4 Å². The Morgan fingerprint density at radius 1 is 1.12 bits per heavy atom. The van der Waals surface area contributed by atoms with Crippen molar-refractivity contribution in [2.45, 2.75) is 71.8 Å². The van der Waals surface area contributed by atoms with Gasteiger partial charge in [0, 0.05) is 13.3 Å². The maximum Gasteiger partial charge on any atom is 0.302 e. The summed E-state index contributed by atoms with van der Waals surface area (Å²) in [6.45, 7) is 6.28. The zero-order valence-corrected chi connectivity index (χ0v) is 15.7. The lowest BCUT2D eigenvalue weighted by atomic mass is 9.47. The van der Waals surface area contributed by atoms with E-state index in [1.54, 1.807) is 0 Å². The molecule has 0 unspecified atom stereocenters. The van der Waals surface area contributed by atoms with Gasteiger partial charge >= 0.3 is 5.97 Å². The lowest BCUT2D eigenvalue weighted by Gasteiger charge is -2.57. The zero-order valence-electron chi connectivity index (χ0n) is 15.7. The Kier molecular flexibility index (Phi) is 3.97. The van der Waals surface area contributed by atoms with E-state index >= 15 is 0 Å². The summed E-state index contributed by atoms with van der Waals surface area (Å²) in [6.07, 6.45) is 13.4. The fraction of sp³-hybridized carbons (Fsp3) is 0.727. The van der Waals surface area contributed by atoms with Crippen LogP contribution in [0.4, 0.5) is 0 Å². The van der Waals surface area contributed by atoms with E-state index in [0.717, 1.165) is 50.4 Å². The molecule has 4 aliphatic carbocycles. The van der Waals surface area contributed by atoms with Crippen molar-refractivity contribution in [3.8, 4) is 0 Å². The van der Waals surface area contributed by atoms with Crippen molar-refractivity contribution in [1.29, 1.82) is 0 Å². The van der Waals surface area contributed by atoms with Gasteiger partial charge < -0.3 is 4.74 Å². The van der Waals surface area contributed by atoms with Crippen LogP contribution in [0.5, 0.6) is 0 Å². The second-order valence-corrected chi connectivity index (χ2v) is 9.20. The van der Waals surface area contributed by atoms with E-state index < -0.39 is 0 Å². The van der Waals surface area contributed by atoms with Crippen molar-refractivity contribution in [2.24, 2.45) is 28.6 Å². The normalized spacial score (nSPS) is 45.4. The predicted molar refractivity (Wildman–Crippen MR) is 96.8 cm³/mol. The summed E-state index contributed by atoms with van der Waals surface area (Å²) < 4.78 is 5.51. The molecule has 0 aliphatic heterocycles. The molecular formula is C22H30O3. The Morgan fingerprint density at radius 3 is 2.60 bits per heavy atom. The van der Waals surface area contributed by atoms with Crippen LogP contribution in [0.15, 0.2) is 23.3 Å². The summed E-state index contributed by atoms with van der Waals surface area (Å²) in [5.74, 6) is 1.86. The highest BCUT2D eigenvalue weighted by atomic mass is 16.5. The number of ether oxygens (including phenoxy) is 1. The van der Waals surface area contributed by atoms with Gasteiger partial charge in [0.15, 0.2) is 0 Å². The molecule has 0 spiro atoms. The van der Waals surface area contributed by atoms with Gasteiger partial charge in [0.05, 0.1) is 0 Å². The first-order valence-corrected chi connectivity index (χ1v) is 9.91. The minimum absolute atomic E-state index is 0.0667. The van der Waals surface area contributed by atoms with E-state index in [0.29, 0.717) is 17.8 Å². The highest BCUT2D eigenvalue weighted by Gasteiger charge is 2.56. The maximum atomic E-state index is 11.5. The quantitative estimate of drug-likeness (QED) is 0.418. The molecule has 3 heteroatoms. The Labute approximate surface area is 150 Å². The van der Waals surface area contributed by atoms with E-state index in [4.69, 9.17) is 4.74 Å². The van der Waals surface area contributed by atoms with E-state index in [1.165, 1.54) is 18.9 Å². The first-order chi connectivity index (χ1) is 11.9. The van der Waals surface area contributed by atoms with Gasteiger partial charge in [0.25, 0.3) is 0 Å². The molecule has 0 heterocycles. The van der Waals surface area contributed by atoms with Crippen molar-refractivity contribution >= 4 is 12.3 Å². The molecule has 0 radical (unpaired) electrons. The molecule has 0 amide bonds. The fourth-order valence-electron chi connectivity index (χ4n) is 6.75. The number of rotatable bonds is 2. The standard InChI is InChI=1S/C22H30O3/c1-14(24)25-17-8-10-21(2)15(12-17)4-6-18-19-7-5-16(13-23)22(19,3)11-9-20(18)21/h4-5,13,17-20H,6-12H2,1-3H3/t17-,18-,19-,20-,21-,22+/m0/s1. The molecular weight excluding hydrogens is 312 g/mol. The minimum atomic E-state index is -0.158. The average Bonchev–Trinajstić information content (AvgIpc) is 2.91. The highest BCUT2D eigenvalue weighted by Crippen LogP contribution is 2.64. The van der Waals surface area contributed by atoms with Gasteiger partial charge in [-0.15, -0.1) is 0 Å². The molecule has 0 bridgehead atoms. The van der Waals surface area contributed by atoms with Gasteiger partial charge in [-0.1, -0.05) is 31.6 Å². The number of allylic oxidation sites excluding steroid dienone is 3. The average molecular weight is 342 g/mol. The van der Waals surface area contributed by atoms with Gasteiger partial charge in [0.2, 0.25) is 0 Å². The van der Waals surface area contributed by atoms with E-state index in [9.17, 15) is 9.59 Å². The number of carbonyl (C=O) groups excluding carboxylic acids is 2. The van der Waals surface area contributed by atoms with Crippen LogP contribution in [0.2, 0.25) is 0 Å². The molecule has 6 atom stereocenters. The largest absolute Gasteiger partial charge is 0.462 e. The summed E-state index contributed by atoms with van der Waals surface area (Å²) in [4.78, 5) is 22.8. The van der Waals surface area contributed by atoms with E-state index in [-0.39, 0.29) is 22.9 Å². The summed E-state index contributed by atoms with van der Waals surface area (Å²) in [5, 5.41) is 0. The Morgan fingerprint density at radius 2 is 1.88 bits per heavy atom. The Bertz CT molecular complexity index is 660. The maximum absolute atomic E-state index is 11.5. The number of esters is 1. The molecule has 2 fully saturated rings. The third-order valence-corrected chi connectivity index (χ3v) is 8.16. The molecule has 3 nitrogen and oxygen atoms in total. The molecule has 0 aromatic rings. The Balaban J connectivity index is 1.59. The number of hydrogen-bond acceptors (Lipinski definition) is 3. The van der Waals surface area contributed by atoms with Crippen molar-refractivity contribution in [3.05, 3.63) is 23.3 Å². The molecule has 4 rings (SSSR count).